The predicted molar refractivity (Wildman–Crippen MR) is 80.2 cm³/mol. The molecule has 104 valence electrons. The van der Waals surface area contributed by atoms with Crippen molar-refractivity contribution in [1.29, 1.82) is 0 Å². The summed E-state index contributed by atoms with van der Waals surface area (Å²) in [5.74, 6) is -0.113. The lowest BCUT2D eigenvalue weighted by Gasteiger charge is -2.36. The number of benzene rings is 1. The van der Waals surface area contributed by atoms with Crippen LogP contribution in [-0.2, 0) is 9.53 Å². The van der Waals surface area contributed by atoms with E-state index >= 15 is 0 Å². The lowest BCUT2D eigenvalue weighted by atomic mass is 9.81. The second kappa shape index (κ2) is 6.42. The van der Waals surface area contributed by atoms with Gasteiger partial charge in [-0.3, -0.25) is 0 Å². The van der Waals surface area contributed by atoms with Gasteiger partial charge in [-0.15, -0.1) is 0 Å². The molecule has 3 nitrogen and oxygen atoms in total. The van der Waals surface area contributed by atoms with Gasteiger partial charge in [0.2, 0.25) is 0 Å². The summed E-state index contributed by atoms with van der Waals surface area (Å²) >= 11 is 3.42. The minimum atomic E-state index is -0.540. The van der Waals surface area contributed by atoms with Gasteiger partial charge in [-0.05, 0) is 44.0 Å². The van der Waals surface area contributed by atoms with Crippen molar-refractivity contribution in [2.24, 2.45) is 0 Å². The predicted octanol–water partition coefficient (Wildman–Crippen LogP) is 4.13. The zero-order valence-electron chi connectivity index (χ0n) is 11.2. The summed E-state index contributed by atoms with van der Waals surface area (Å²) in [5.41, 5.74) is 0.431. The SMILES string of the molecule is CCOC(=O)C1(Nc2ccc(Br)cc2)CCCCC1. The van der Waals surface area contributed by atoms with Crippen LogP contribution in [0.2, 0.25) is 0 Å². The van der Waals surface area contributed by atoms with Crippen LogP contribution in [-0.4, -0.2) is 18.1 Å². The van der Waals surface area contributed by atoms with Crippen molar-refractivity contribution < 1.29 is 9.53 Å². The molecule has 0 aromatic heterocycles. The van der Waals surface area contributed by atoms with Gasteiger partial charge in [-0.25, -0.2) is 4.79 Å². The first-order valence-electron chi connectivity index (χ1n) is 6.87. The molecule has 0 atom stereocenters. The van der Waals surface area contributed by atoms with Crippen LogP contribution >= 0.6 is 15.9 Å². The molecule has 0 aliphatic heterocycles. The third kappa shape index (κ3) is 3.50. The van der Waals surface area contributed by atoms with Gasteiger partial charge < -0.3 is 10.1 Å². The van der Waals surface area contributed by atoms with Gasteiger partial charge in [0.1, 0.15) is 5.54 Å². The zero-order chi connectivity index (χ0) is 13.7. The van der Waals surface area contributed by atoms with Gasteiger partial charge in [0.25, 0.3) is 0 Å². The Morgan fingerprint density at radius 2 is 1.89 bits per heavy atom. The van der Waals surface area contributed by atoms with Crippen molar-refractivity contribution in [3.63, 3.8) is 0 Å². The van der Waals surface area contributed by atoms with E-state index in [0.29, 0.717) is 6.61 Å². The third-order valence-corrected chi connectivity index (χ3v) is 4.13. The first-order chi connectivity index (χ1) is 9.16. The van der Waals surface area contributed by atoms with E-state index in [2.05, 4.69) is 21.2 Å². The van der Waals surface area contributed by atoms with Crippen LogP contribution in [0.5, 0.6) is 0 Å². The fraction of sp³-hybridized carbons (Fsp3) is 0.533. The van der Waals surface area contributed by atoms with Crippen LogP contribution in [0, 0.1) is 0 Å². The molecule has 0 radical (unpaired) electrons. The summed E-state index contributed by atoms with van der Waals surface area (Å²) < 4.78 is 6.30. The average molecular weight is 326 g/mol. The second-order valence-corrected chi connectivity index (χ2v) is 5.91. The van der Waals surface area contributed by atoms with Crippen LogP contribution in [0.15, 0.2) is 28.7 Å². The Kier molecular flexibility index (Phi) is 4.86. The molecule has 0 heterocycles. The summed E-state index contributed by atoms with van der Waals surface area (Å²) in [7, 11) is 0. The molecule has 2 rings (SSSR count). The van der Waals surface area contributed by atoms with E-state index in [4.69, 9.17) is 4.74 Å². The minimum absolute atomic E-state index is 0.113. The Bertz CT molecular complexity index is 424. The van der Waals surface area contributed by atoms with E-state index in [9.17, 15) is 4.79 Å². The van der Waals surface area contributed by atoms with Crippen LogP contribution in [0.3, 0.4) is 0 Å². The quantitative estimate of drug-likeness (QED) is 0.846. The summed E-state index contributed by atoms with van der Waals surface area (Å²) in [6.07, 6.45) is 5.04. The van der Waals surface area contributed by atoms with Crippen molar-refractivity contribution >= 4 is 27.6 Å². The highest BCUT2D eigenvalue weighted by atomic mass is 79.9. The molecule has 1 aromatic carbocycles. The molecule has 1 saturated carbocycles. The Morgan fingerprint density at radius 1 is 1.26 bits per heavy atom. The van der Waals surface area contributed by atoms with Crippen LogP contribution < -0.4 is 5.32 Å². The molecule has 4 heteroatoms. The van der Waals surface area contributed by atoms with Crippen molar-refractivity contribution in [3.8, 4) is 0 Å². The maximum Gasteiger partial charge on any atom is 0.331 e. The van der Waals surface area contributed by atoms with Gasteiger partial charge >= 0.3 is 5.97 Å². The fourth-order valence-electron chi connectivity index (χ4n) is 2.61. The fourth-order valence-corrected chi connectivity index (χ4v) is 2.88. The molecule has 1 N–H and O–H groups in total. The molecular formula is C15H20BrNO2. The molecule has 0 bridgehead atoms. The van der Waals surface area contributed by atoms with E-state index in [0.717, 1.165) is 35.8 Å². The normalized spacial score (nSPS) is 17.8. The molecule has 0 spiro atoms. The summed E-state index contributed by atoms with van der Waals surface area (Å²) in [5, 5.41) is 3.41. The lowest BCUT2D eigenvalue weighted by molar-refractivity contribution is -0.149. The first kappa shape index (κ1) is 14.4. The number of nitrogens with one attached hydrogen (secondary N) is 1. The van der Waals surface area contributed by atoms with E-state index in [1.807, 2.05) is 31.2 Å². The van der Waals surface area contributed by atoms with Crippen molar-refractivity contribution in [3.05, 3.63) is 28.7 Å². The molecule has 0 unspecified atom stereocenters. The van der Waals surface area contributed by atoms with E-state index < -0.39 is 5.54 Å². The number of ether oxygens (including phenoxy) is 1. The minimum Gasteiger partial charge on any atom is -0.464 e. The van der Waals surface area contributed by atoms with Crippen LogP contribution in [0.4, 0.5) is 5.69 Å². The Labute approximate surface area is 122 Å². The number of esters is 1. The number of rotatable bonds is 4. The standard InChI is InChI=1S/C15H20BrNO2/c1-2-19-14(18)15(10-4-3-5-11-15)17-13-8-6-12(16)7-9-13/h6-9,17H,2-5,10-11H2,1H3. The molecule has 1 fully saturated rings. The summed E-state index contributed by atoms with van der Waals surface area (Å²) in [6.45, 7) is 2.29. The van der Waals surface area contributed by atoms with E-state index in [1.54, 1.807) is 0 Å². The summed E-state index contributed by atoms with van der Waals surface area (Å²) in [4.78, 5) is 12.3. The largest absolute Gasteiger partial charge is 0.464 e. The van der Waals surface area contributed by atoms with Crippen molar-refractivity contribution in [1.82, 2.24) is 0 Å². The van der Waals surface area contributed by atoms with Crippen LogP contribution in [0.1, 0.15) is 39.0 Å². The smallest absolute Gasteiger partial charge is 0.331 e. The Hall–Kier alpha value is -1.03. The van der Waals surface area contributed by atoms with Gasteiger partial charge in [0.15, 0.2) is 0 Å². The molecule has 19 heavy (non-hydrogen) atoms. The number of hydrogen-bond donors (Lipinski definition) is 1. The lowest BCUT2D eigenvalue weighted by Crippen LogP contribution is -2.49. The molecule has 1 aliphatic rings. The van der Waals surface area contributed by atoms with Crippen LogP contribution in [0.25, 0.3) is 0 Å². The number of anilines is 1. The number of halogens is 1. The monoisotopic (exact) mass is 325 g/mol. The Morgan fingerprint density at radius 3 is 2.47 bits per heavy atom. The zero-order valence-corrected chi connectivity index (χ0v) is 12.8. The maximum absolute atomic E-state index is 12.3. The van der Waals surface area contributed by atoms with Gasteiger partial charge in [-0.2, -0.15) is 0 Å². The molecule has 1 aromatic rings. The summed E-state index contributed by atoms with van der Waals surface area (Å²) in [6, 6.07) is 7.92. The van der Waals surface area contributed by atoms with Crippen molar-refractivity contribution in [2.45, 2.75) is 44.6 Å². The number of carbonyl (C=O) groups is 1. The third-order valence-electron chi connectivity index (χ3n) is 3.60. The van der Waals surface area contributed by atoms with Gasteiger partial charge in [0.05, 0.1) is 6.61 Å². The number of carbonyl (C=O) groups excluding carboxylic acids is 1. The first-order valence-corrected chi connectivity index (χ1v) is 7.66. The number of hydrogen-bond acceptors (Lipinski definition) is 3. The highest BCUT2D eigenvalue weighted by Gasteiger charge is 2.40. The van der Waals surface area contributed by atoms with E-state index in [1.165, 1.54) is 6.42 Å². The molecule has 0 amide bonds. The molecular weight excluding hydrogens is 306 g/mol. The van der Waals surface area contributed by atoms with Gasteiger partial charge in [-0.1, -0.05) is 35.2 Å². The topological polar surface area (TPSA) is 38.3 Å². The average Bonchev–Trinajstić information content (AvgIpc) is 2.43. The molecule has 1 aliphatic carbocycles. The van der Waals surface area contributed by atoms with Gasteiger partial charge in [0, 0.05) is 10.2 Å². The highest BCUT2D eigenvalue weighted by Crippen LogP contribution is 2.33. The Balaban J connectivity index is 2.17. The van der Waals surface area contributed by atoms with Crippen molar-refractivity contribution in [2.75, 3.05) is 11.9 Å². The highest BCUT2D eigenvalue weighted by molar-refractivity contribution is 9.10. The second-order valence-electron chi connectivity index (χ2n) is 5.00. The van der Waals surface area contributed by atoms with E-state index in [-0.39, 0.29) is 5.97 Å². The molecule has 0 saturated heterocycles. The maximum atomic E-state index is 12.3.